The lowest BCUT2D eigenvalue weighted by Gasteiger charge is -2.27. The molecule has 0 atom stereocenters. The lowest BCUT2D eigenvalue weighted by atomic mass is 10.0. The Labute approximate surface area is 126 Å². The third-order valence-corrected chi connectivity index (χ3v) is 5.06. The molecule has 0 aliphatic carbocycles. The molecule has 0 spiro atoms. The van der Waals surface area contributed by atoms with Crippen LogP contribution in [0.5, 0.6) is 0 Å². The summed E-state index contributed by atoms with van der Waals surface area (Å²) in [5.74, 6) is -0.733. The molecule has 21 heavy (non-hydrogen) atoms. The van der Waals surface area contributed by atoms with Crippen molar-refractivity contribution in [2.75, 3.05) is 16.6 Å². The van der Waals surface area contributed by atoms with Crippen molar-refractivity contribution in [1.82, 2.24) is 0 Å². The lowest BCUT2D eigenvalue weighted by molar-refractivity contribution is -0.137. The fraction of sp³-hybridized carbons (Fsp3) is 0.533. The molecule has 0 radical (unpaired) electrons. The van der Waals surface area contributed by atoms with E-state index >= 15 is 0 Å². The first-order valence-corrected chi connectivity index (χ1v) is 8.71. The van der Waals surface area contributed by atoms with Crippen molar-refractivity contribution >= 4 is 21.7 Å². The first-order valence-electron chi connectivity index (χ1n) is 7.10. The van der Waals surface area contributed by atoms with Crippen LogP contribution in [0.15, 0.2) is 24.3 Å². The Hall–Kier alpha value is -1.56. The molecule has 0 amide bonds. The van der Waals surface area contributed by atoms with Crippen molar-refractivity contribution in [1.29, 1.82) is 0 Å². The number of sulfonamides is 1. The number of carbonyl (C=O) groups is 1. The molecule has 1 aromatic rings. The molecule has 118 valence electrons. The van der Waals surface area contributed by atoms with Crippen LogP contribution in [0.25, 0.3) is 0 Å². The topological polar surface area (TPSA) is 74.7 Å². The van der Waals surface area contributed by atoms with Crippen molar-refractivity contribution in [3.8, 4) is 0 Å². The Morgan fingerprint density at radius 2 is 1.90 bits per heavy atom. The van der Waals surface area contributed by atoms with E-state index in [1.54, 1.807) is 19.1 Å². The normalized spacial score (nSPS) is 11.6. The highest BCUT2D eigenvalue weighted by atomic mass is 32.2. The fourth-order valence-corrected chi connectivity index (χ4v) is 3.33. The number of nitrogens with zero attached hydrogens (tertiary/aromatic N) is 1. The van der Waals surface area contributed by atoms with Crippen LogP contribution < -0.4 is 4.31 Å². The first kappa shape index (κ1) is 17.5. The number of aliphatic carboxylic acids is 1. The van der Waals surface area contributed by atoms with Gasteiger partial charge in [0.1, 0.15) is 0 Å². The van der Waals surface area contributed by atoms with Crippen LogP contribution in [-0.4, -0.2) is 31.8 Å². The van der Waals surface area contributed by atoms with E-state index in [1.165, 1.54) is 4.31 Å². The molecule has 0 bridgehead atoms. The molecular formula is C15H23NO4S. The van der Waals surface area contributed by atoms with E-state index in [9.17, 15) is 13.2 Å². The zero-order valence-corrected chi connectivity index (χ0v) is 13.6. The van der Waals surface area contributed by atoms with Gasteiger partial charge in [-0.3, -0.25) is 9.10 Å². The maximum atomic E-state index is 12.3. The van der Waals surface area contributed by atoms with E-state index in [4.69, 9.17) is 5.11 Å². The van der Waals surface area contributed by atoms with Crippen LogP contribution in [0, 0.1) is 0 Å². The number of carboxylic acids is 1. The standard InChI is InChI=1S/C15H23NO4S/c1-4-21(19,20)16(11-7-10-15(17)18)14-9-6-5-8-13(14)12(2)3/h5-6,8-9,12H,4,7,10-11H2,1-3H3,(H,17,18). The zero-order chi connectivity index (χ0) is 16.0. The Balaban J connectivity index is 3.16. The SMILES string of the molecule is CCS(=O)(=O)N(CCCC(=O)O)c1ccccc1C(C)C. The number of para-hydroxylation sites is 1. The van der Waals surface area contributed by atoms with Crippen molar-refractivity contribution in [2.45, 2.75) is 39.5 Å². The molecule has 1 aromatic carbocycles. The van der Waals surface area contributed by atoms with Gasteiger partial charge in [0, 0.05) is 13.0 Å². The highest BCUT2D eigenvalue weighted by Gasteiger charge is 2.23. The average Bonchev–Trinajstić information content (AvgIpc) is 2.43. The Bertz CT molecular complexity index is 581. The Morgan fingerprint density at radius 3 is 2.43 bits per heavy atom. The maximum Gasteiger partial charge on any atom is 0.303 e. The number of hydrogen-bond acceptors (Lipinski definition) is 3. The quantitative estimate of drug-likeness (QED) is 0.801. The molecule has 0 unspecified atom stereocenters. The molecule has 6 heteroatoms. The van der Waals surface area contributed by atoms with E-state index in [-0.39, 0.29) is 24.6 Å². The van der Waals surface area contributed by atoms with Gasteiger partial charge < -0.3 is 5.11 Å². The van der Waals surface area contributed by atoms with Crippen LogP contribution in [0.2, 0.25) is 0 Å². The molecular weight excluding hydrogens is 290 g/mol. The van der Waals surface area contributed by atoms with E-state index in [1.807, 2.05) is 26.0 Å². The molecule has 5 nitrogen and oxygen atoms in total. The molecule has 0 aliphatic rings. The minimum absolute atomic E-state index is 0.00744. The number of carboxylic acid groups (broad SMARTS) is 1. The molecule has 1 N–H and O–H groups in total. The Kier molecular flexibility index (Phi) is 6.20. The van der Waals surface area contributed by atoms with Crippen LogP contribution >= 0.6 is 0 Å². The lowest BCUT2D eigenvalue weighted by Crippen LogP contribution is -2.34. The van der Waals surface area contributed by atoms with E-state index < -0.39 is 16.0 Å². The summed E-state index contributed by atoms with van der Waals surface area (Å²) in [4.78, 5) is 10.6. The molecule has 0 saturated heterocycles. The minimum atomic E-state index is -3.43. The van der Waals surface area contributed by atoms with Crippen LogP contribution in [-0.2, 0) is 14.8 Å². The zero-order valence-electron chi connectivity index (χ0n) is 12.7. The van der Waals surface area contributed by atoms with E-state index in [2.05, 4.69) is 0 Å². The van der Waals surface area contributed by atoms with Gasteiger partial charge >= 0.3 is 5.97 Å². The predicted molar refractivity (Wildman–Crippen MR) is 84.2 cm³/mol. The molecule has 0 aliphatic heterocycles. The molecule has 0 heterocycles. The van der Waals surface area contributed by atoms with Crippen molar-refractivity contribution < 1.29 is 18.3 Å². The largest absolute Gasteiger partial charge is 0.481 e. The maximum absolute atomic E-state index is 12.3. The van der Waals surface area contributed by atoms with Gasteiger partial charge in [-0.25, -0.2) is 8.42 Å². The average molecular weight is 313 g/mol. The summed E-state index contributed by atoms with van der Waals surface area (Å²) in [6.07, 6.45) is 0.251. The van der Waals surface area contributed by atoms with Gasteiger partial charge in [-0.1, -0.05) is 32.0 Å². The highest BCUT2D eigenvalue weighted by Crippen LogP contribution is 2.29. The van der Waals surface area contributed by atoms with Crippen molar-refractivity contribution in [3.05, 3.63) is 29.8 Å². The summed E-state index contributed by atoms with van der Waals surface area (Å²) in [5.41, 5.74) is 1.60. The van der Waals surface area contributed by atoms with Crippen LogP contribution in [0.3, 0.4) is 0 Å². The second-order valence-corrected chi connectivity index (χ2v) is 7.37. The molecule has 0 fully saturated rings. The van der Waals surface area contributed by atoms with E-state index in [0.717, 1.165) is 5.56 Å². The van der Waals surface area contributed by atoms with Gasteiger partial charge in [0.05, 0.1) is 11.4 Å². The monoisotopic (exact) mass is 313 g/mol. The van der Waals surface area contributed by atoms with Crippen LogP contribution in [0.4, 0.5) is 5.69 Å². The van der Waals surface area contributed by atoms with Gasteiger partial charge in [-0.05, 0) is 30.9 Å². The fourth-order valence-electron chi connectivity index (χ4n) is 2.14. The molecule has 0 aromatic heterocycles. The van der Waals surface area contributed by atoms with Crippen LogP contribution in [0.1, 0.15) is 45.1 Å². The highest BCUT2D eigenvalue weighted by molar-refractivity contribution is 7.92. The molecule has 1 rings (SSSR count). The third kappa shape index (κ3) is 4.74. The number of anilines is 1. The second-order valence-electron chi connectivity index (χ2n) is 5.18. The van der Waals surface area contributed by atoms with Crippen molar-refractivity contribution in [3.63, 3.8) is 0 Å². The summed E-state index contributed by atoms with van der Waals surface area (Å²) in [5, 5.41) is 8.73. The summed E-state index contributed by atoms with van der Waals surface area (Å²) < 4.78 is 26.0. The first-order chi connectivity index (χ1) is 9.79. The summed E-state index contributed by atoms with van der Waals surface area (Å²) >= 11 is 0. The van der Waals surface area contributed by atoms with Gasteiger partial charge in [-0.15, -0.1) is 0 Å². The van der Waals surface area contributed by atoms with Gasteiger partial charge in [0.2, 0.25) is 10.0 Å². The number of benzene rings is 1. The Morgan fingerprint density at radius 1 is 1.29 bits per heavy atom. The number of hydrogen-bond donors (Lipinski definition) is 1. The van der Waals surface area contributed by atoms with E-state index in [0.29, 0.717) is 12.1 Å². The minimum Gasteiger partial charge on any atom is -0.481 e. The van der Waals surface area contributed by atoms with Gasteiger partial charge in [0.15, 0.2) is 0 Å². The van der Waals surface area contributed by atoms with Gasteiger partial charge in [-0.2, -0.15) is 0 Å². The summed E-state index contributed by atoms with van der Waals surface area (Å²) in [6, 6.07) is 7.38. The van der Waals surface area contributed by atoms with Gasteiger partial charge in [0.25, 0.3) is 0 Å². The molecule has 0 saturated carbocycles. The third-order valence-electron chi connectivity index (χ3n) is 3.28. The predicted octanol–water partition coefficient (Wildman–Crippen LogP) is 2.83. The summed E-state index contributed by atoms with van der Waals surface area (Å²) in [6.45, 7) is 5.80. The smallest absolute Gasteiger partial charge is 0.303 e. The number of rotatable bonds is 8. The summed E-state index contributed by atoms with van der Waals surface area (Å²) in [7, 11) is -3.43. The van der Waals surface area contributed by atoms with Crippen molar-refractivity contribution in [2.24, 2.45) is 0 Å². The second kappa shape index (κ2) is 7.45.